The Hall–Kier alpha value is -3.88. The third kappa shape index (κ3) is 9.60. The third-order valence-electron chi connectivity index (χ3n) is 9.88. The number of nitrogens with one attached hydrogen (secondary N) is 2. The van der Waals surface area contributed by atoms with Gasteiger partial charge in [-0.1, -0.05) is 93.4 Å². The molecule has 48 heavy (non-hydrogen) atoms. The van der Waals surface area contributed by atoms with E-state index in [4.69, 9.17) is 0 Å². The van der Waals surface area contributed by atoms with E-state index in [0.29, 0.717) is 0 Å². The average Bonchev–Trinajstić information content (AvgIpc) is 3.58. The summed E-state index contributed by atoms with van der Waals surface area (Å²) >= 11 is 0. The SMILES string of the molecule is C=C(CCc1ccccc1)N1CCN(C(=C)c2cccc3c2CN(C(CCc2ccc(C)c(CC)c2)(NC)NC)C3)CC1.C=CN.CN. The van der Waals surface area contributed by atoms with Gasteiger partial charge in [-0.3, -0.25) is 15.5 Å². The van der Waals surface area contributed by atoms with E-state index in [1.54, 1.807) is 0 Å². The molecule has 0 atom stereocenters. The van der Waals surface area contributed by atoms with E-state index in [0.717, 1.165) is 77.1 Å². The van der Waals surface area contributed by atoms with E-state index in [1.807, 2.05) is 0 Å². The molecule has 0 unspecified atom stereocenters. The van der Waals surface area contributed by atoms with Crippen molar-refractivity contribution in [3.8, 4) is 0 Å². The molecule has 0 saturated carbocycles. The highest BCUT2D eigenvalue weighted by Gasteiger charge is 2.38. The van der Waals surface area contributed by atoms with Crippen LogP contribution in [0.3, 0.4) is 0 Å². The van der Waals surface area contributed by atoms with Gasteiger partial charge < -0.3 is 21.3 Å². The molecule has 0 spiro atoms. The molecule has 0 aromatic heterocycles. The Morgan fingerprint density at radius 1 is 0.854 bits per heavy atom. The van der Waals surface area contributed by atoms with Gasteiger partial charge in [-0.25, -0.2) is 0 Å². The van der Waals surface area contributed by atoms with Crippen LogP contribution in [0.5, 0.6) is 0 Å². The van der Waals surface area contributed by atoms with Crippen LogP contribution in [-0.4, -0.2) is 67.8 Å². The van der Waals surface area contributed by atoms with E-state index in [9.17, 15) is 0 Å². The minimum absolute atomic E-state index is 0.291. The monoisotopic (exact) mass is 651 g/mol. The molecule has 0 radical (unpaired) electrons. The van der Waals surface area contributed by atoms with Gasteiger partial charge in [0, 0.05) is 56.2 Å². The standard InChI is InChI=1S/C38H51N5.C2H5N.CH5N/c1-7-34-26-33(18-16-29(34)2)20-21-38(39-5,40-6)43-27-35-14-11-15-36(37(35)28-43)31(4)42-24-22-41(23-25-42)30(3)17-19-32-12-9-8-10-13-32;1-2-3;1-2/h8-16,18,26,39-40H,3-4,7,17,19-25,27-28H2,1-2,5-6H3;2H,1,3H2;2H2,1H3. The Kier molecular flexibility index (Phi) is 15.4. The zero-order valence-electron chi connectivity index (χ0n) is 30.3. The van der Waals surface area contributed by atoms with Crippen molar-refractivity contribution in [3.63, 3.8) is 0 Å². The lowest BCUT2D eigenvalue weighted by Crippen LogP contribution is -2.64. The minimum atomic E-state index is -0.291. The molecule has 3 aromatic carbocycles. The van der Waals surface area contributed by atoms with Gasteiger partial charge in [0.1, 0.15) is 5.79 Å². The predicted octanol–water partition coefficient (Wildman–Crippen LogP) is 6.00. The highest BCUT2D eigenvalue weighted by Crippen LogP contribution is 2.35. The Bertz CT molecular complexity index is 1450. The molecule has 2 heterocycles. The number of piperazine rings is 1. The number of rotatable bonds is 13. The molecule has 0 aliphatic carbocycles. The van der Waals surface area contributed by atoms with E-state index < -0.39 is 0 Å². The van der Waals surface area contributed by atoms with Gasteiger partial charge in [0.15, 0.2) is 0 Å². The first-order valence-corrected chi connectivity index (χ1v) is 17.4. The summed E-state index contributed by atoms with van der Waals surface area (Å²) in [6.07, 6.45) is 6.38. The summed E-state index contributed by atoms with van der Waals surface area (Å²) in [7, 11) is 5.66. The van der Waals surface area contributed by atoms with Gasteiger partial charge in [0.05, 0.1) is 0 Å². The van der Waals surface area contributed by atoms with Crippen molar-refractivity contribution in [2.24, 2.45) is 11.5 Å². The number of hydrogen-bond acceptors (Lipinski definition) is 7. The summed E-state index contributed by atoms with van der Waals surface area (Å²) < 4.78 is 0. The summed E-state index contributed by atoms with van der Waals surface area (Å²) in [6, 6.07) is 24.5. The molecular weight excluding hydrogens is 591 g/mol. The van der Waals surface area contributed by atoms with Crippen molar-refractivity contribution >= 4 is 5.70 Å². The van der Waals surface area contributed by atoms with Crippen LogP contribution in [0.25, 0.3) is 5.70 Å². The summed E-state index contributed by atoms with van der Waals surface area (Å²) in [5.74, 6) is -0.291. The minimum Gasteiger partial charge on any atom is -0.405 e. The quantitative estimate of drug-likeness (QED) is 0.169. The maximum Gasteiger partial charge on any atom is 0.126 e. The van der Waals surface area contributed by atoms with E-state index in [1.165, 1.54) is 57.9 Å². The van der Waals surface area contributed by atoms with Crippen LogP contribution < -0.4 is 22.1 Å². The van der Waals surface area contributed by atoms with Crippen LogP contribution >= 0.6 is 0 Å². The molecular formula is C41H61N7. The molecule has 1 saturated heterocycles. The number of benzene rings is 3. The first kappa shape index (κ1) is 38.6. The van der Waals surface area contributed by atoms with Gasteiger partial charge in [-0.15, -0.1) is 0 Å². The molecule has 2 aliphatic rings. The summed E-state index contributed by atoms with van der Waals surface area (Å²) in [6.45, 7) is 22.4. The molecule has 7 nitrogen and oxygen atoms in total. The molecule has 3 aromatic rings. The van der Waals surface area contributed by atoms with Gasteiger partial charge >= 0.3 is 0 Å². The van der Waals surface area contributed by atoms with Crippen molar-refractivity contribution in [2.75, 3.05) is 47.3 Å². The van der Waals surface area contributed by atoms with Crippen LogP contribution in [0, 0.1) is 6.92 Å². The fourth-order valence-corrected chi connectivity index (χ4v) is 6.95. The number of allylic oxidation sites excluding steroid dienone is 1. The first-order chi connectivity index (χ1) is 23.3. The normalized spacial score (nSPS) is 14.3. The number of hydrogen-bond donors (Lipinski definition) is 4. The van der Waals surface area contributed by atoms with Gasteiger partial charge in [0.25, 0.3) is 0 Å². The van der Waals surface area contributed by atoms with Gasteiger partial charge in [-0.2, -0.15) is 0 Å². The van der Waals surface area contributed by atoms with E-state index in [2.05, 4.69) is 151 Å². The van der Waals surface area contributed by atoms with Crippen LogP contribution in [0.15, 0.2) is 98.4 Å². The second-order valence-electron chi connectivity index (χ2n) is 12.5. The molecule has 1 fully saturated rings. The molecule has 5 rings (SSSR count). The van der Waals surface area contributed by atoms with E-state index >= 15 is 0 Å². The van der Waals surface area contributed by atoms with Gasteiger partial charge in [-0.05, 0) is 99.8 Å². The van der Waals surface area contributed by atoms with Crippen molar-refractivity contribution in [1.29, 1.82) is 0 Å². The zero-order chi connectivity index (χ0) is 35.1. The second kappa shape index (κ2) is 19.2. The Morgan fingerprint density at radius 2 is 1.50 bits per heavy atom. The smallest absolute Gasteiger partial charge is 0.126 e. The highest BCUT2D eigenvalue weighted by atomic mass is 15.4. The highest BCUT2D eigenvalue weighted by molar-refractivity contribution is 5.67. The van der Waals surface area contributed by atoms with Crippen molar-refractivity contribution < 1.29 is 0 Å². The zero-order valence-corrected chi connectivity index (χ0v) is 30.3. The topological polar surface area (TPSA) is 85.8 Å². The Balaban J connectivity index is 0.00000118. The summed E-state index contributed by atoms with van der Waals surface area (Å²) in [4.78, 5) is 7.51. The predicted molar refractivity (Wildman–Crippen MR) is 206 cm³/mol. The summed E-state index contributed by atoms with van der Waals surface area (Å²) in [5.41, 5.74) is 21.3. The molecule has 6 N–H and O–H groups in total. The summed E-state index contributed by atoms with van der Waals surface area (Å²) in [5, 5.41) is 7.34. The number of fused-ring (bicyclic) bond motifs is 1. The molecule has 7 heteroatoms. The first-order valence-electron chi connectivity index (χ1n) is 17.4. The lowest BCUT2D eigenvalue weighted by molar-refractivity contribution is 0.0235. The lowest BCUT2D eigenvalue weighted by Gasteiger charge is -2.42. The number of nitrogens with two attached hydrogens (primary N) is 2. The van der Waals surface area contributed by atoms with Crippen LogP contribution in [-0.2, 0) is 32.4 Å². The molecule has 2 aliphatic heterocycles. The molecule has 0 amide bonds. The maximum absolute atomic E-state index is 4.63. The Morgan fingerprint density at radius 3 is 2.12 bits per heavy atom. The second-order valence-corrected chi connectivity index (χ2v) is 12.5. The molecule has 260 valence electrons. The van der Waals surface area contributed by atoms with Crippen LogP contribution in [0.2, 0.25) is 0 Å². The Labute approximate surface area is 291 Å². The fourth-order valence-electron chi connectivity index (χ4n) is 6.95. The van der Waals surface area contributed by atoms with Gasteiger partial charge in [0.2, 0.25) is 0 Å². The largest absolute Gasteiger partial charge is 0.405 e. The van der Waals surface area contributed by atoms with Crippen molar-refractivity contribution in [1.82, 2.24) is 25.3 Å². The van der Waals surface area contributed by atoms with E-state index in [-0.39, 0.29) is 5.79 Å². The van der Waals surface area contributed by atoms with Crippen LogP contribution in [0.4, 0.5) is 0 Å². The lowest BCUT2D eigenvalue weighted by atomic mass is 9.98. The van der Waals surface area contributed by atoms with Crippen molar-refractivity contribution in [2.45, 2.75) is 64.8 Å². The average molecular weight is 652 g/mol. The number of nitrogens with zero attached hydrogens (tertiary/aromatic N) is 3. The van der Waals surface area contributed by atoms with Crippen LogP contribution in [0.1, 0.15) is 58.7 Å². The maximum atomic E-state index is 4.63. The molecule has 0 bridgehead atoms. The fraction of sp³-hybridized carbons (Fsp3) is 0.415. The number of aryl methyl sites for hydroxylation is 4. The van der Waals surface area contributed by atoms with Crippen molar-refractivity contribution in [3.05, 3.63) is 137 Å². The third-order valence-corrected chi connectivity index (χ3v) is 9.88.